The van der Waals surface area contributed by atoms with Crippen LogP contribution in [0.2, 0.25) is 0 Å². The van der Waals surface area contributed by atoms with E-state index in [-0.39, 0.29) is 35.4 Å². The Hall–Kier alpha value is -2.46. The van der Waals surface area contributed by atoms with Gasteiger partial charge >= 0.3 is 12.4 Å². The molecule has 2 aliphatic heterocycles. The van der Waals surface area contributed by atoms with Crippen LogP contribution in [0.4, 0.5) is 37.7 Å². The molecule has 3 atom stereocenters. The summed E-state index contributed by atoms with van der Waals surface area (Å²) in [7, 11) is 0. The summed E-state index contributed by atoms with van der Waals surface area (Å²) in [5.41, 5.74) is -1.56. The van der Waals surface area contributed by atoms with Crippen molar-refractivity contribution in [2.45, 2.75) is 37.8 Å². The highest BCUT2D eigenvalue weighted by atomic mass is 19.4. The third kappa shape index (κ3) is 3.94. The average molecular weight is 447 g/mol. The van der Waals surface area contributed by atoms with Gasteiger partial charge in [-0.3, -0.25) is 0 Å². The second-order valence-corrected chi connectivity index (χ2v) is 7.60. The van der Waals surface area contributed by atoms with E-state index in [2.05, 4.69) is 0 Å². The highest BCUT2D eigenvalue weighted by molar-refractivity contribution is 5.79. The number of rotatable bonds is 2. The first-order valence-corrected chi connectivity index (χ1v) is 9.66. The number of benzene rings is 2. The first-order chi connectivity index (χ1) is 14.5. The summed E-state index contributed by atoms with van der Waals surface area (Å²) in [4.78, 5) is 1.51. The van der Waals surface area contributed by atoms with Gasteiger partial charge in [0.15, 0.2) is 11.5 Å². The van der Waals surface area contributed by atoms with Crippen LogP contribution < -0.4 is 9.64 Å². The zero-order valence-electron chi connectivity index (χ0n) is 16.3. The molecule has 0 aromatic heterocycles. The molecule has 2 aromatic carbocycles. The molecule has 1 N–H and O–H groups in total. The topological polar surface area (TPSA) is 41.9 Å². The number of fused-ring (bicyclic) bond motifs is 2. The van der Waals surface area contributed by atoms with Crippen molar-refractivity contribution in [1.82, 2.24) is 0 Å². The Balaban J connectivity index is 1.86. The predicted molar refractivity (Wildman–Crippen MR) is 99.5 cm³/mol. The summed E-state index contributed by atoms with van der Waals surface area (Å²) in [5, 5.41) is 10.9. The lowest BCUT2D eigenvalue weighted by atomic mass is 9.90. The molecule has 0 radical (unpaired) electrons. The van der Waals surface area contributed by atoms with E-state index in [1.54, 1.807) is 0 Å². The van der Waals surface area contributed by atoms with Crippen molar-refractivity contribution < 1.29 is 40.9 Å². The van der Waals surface area contributed by atoms with Gasteiger partial charge in [0.1, 0.15) is 0 Å². The molecule has 2 aromatic rings. The van der Waals surface area contributed by atoms with E-state index in [4.69, 9.17) is 9.47 Å². The number of hydrogen-bond acceptors (Lipinski definition) is 4. The lowest BCUT2D eigenvalue weighted by Gasteiger charge is -2.44. The van der Waals surface area contributed by atoms with Gasteiger partial charge < -0.3 is 19.5 Å². The Bertz CT molecular complexity index is 911. The summed E-state index contributed by atoms with van der Waals surface area (Å²) >= 11 is 0. The molecule has 0 unspecified atom stereocenters. The number of anilines is 2. The van der Waals surface area contributed by atoms with E-state index >= 15 is 0 Å². The minimum absolute atomic E-state index is 0.0542. The van der Waals surface area contributed by atoms with Crippen molar-refractivity contribution in [2.75, 3.05) is 18.1 Å². The van der Waals surface area contributed by atoms with Crippen molar-refractivity contribution in [3.8, 4) is 11.5 Å². The van der Waals surface area contributed by atoms with Gasteiger partial charge in [-0.25, -0.2) is 0 Å². The van der Waals surface area contributed by atoms with Gasteiger partial charge in [0.2, 0.25) is 0 Å². The van der Waals surface area contributed by atoms with Crippen molar-refractivity contribution in [1.29, 1.82) is 0 Å². The zero-order valence-corrected chi connectivity index (χ0v) is 16.3. The molecule has 1 saturated heterocycles. The molecule has 2 heterocycles. The number of alkyl halides is 6. The molecule has 31 heavy (non-hydrogen) atoms. The van der Waals surface area contributed by atoms with Crippen molar-refractivity contribution in [3.05, 3.63) is 47.5 Å². The molecule has 2 aliphatic rings. The van der Waals surface area contributed by atoms with E-state index in [0.29, 0.717) is 13.0 Å². The fourth-order valence-corrected chi connectivity index (χ4v) is 3.99. The number of halogens is 6. The molecule has 4 nitrogen and oxygen atoms in total. The van der Waals surface area contributed by atoms with Crippen molar-refractivity contribution >= 4 is 11.4 Å². The molecule has 0 amide bonds. The van der Waals surface area contributed by atoms with Gasteiger partial charge in [0, 0.05) is 5.92 Å². The van der Waals surface area contributed by atoms with Crippen LogP contribution in [-0.2, 0) is 17.1 Å². The second kappa shape index (κ2) is 7.59. The summed E-state index contributed by atoms with van der Waals surface area (Å²) in [6, 6.07) is 4.92. The van der Waals surface area contributed by atoms with Gasteiger partial charge in [0.25, 0.3) is 0 Å². The van der Waals surface area contributed by atoms with Crippen LogP contribution in [0.15, 0.2) is 36.4 Å². The lowest BCUT2D eigenvalue weighted by Crippen LogP contribution is -2.52. The quantitative estimate of drug-likeness (QED) is 0.595. The largest absolute Gasteiger partial charge is 0.453 e. The van der Waals surface area contributed by atoms with Crippen LogP contribution in [0.1, 0.15) is 24.5 Å². The number of hydrogen-bond donors (Lipinski definition) is 1. The predicted octanol–water partition coefficient (Wildman–Crippen LogP) is 5.75. The van der Waals surface area contributed by atoms with Crippen molar-refractivity contribution in [3.63, 3.8) is 0 Å². The molecule has 4 rings (SSSR count). The summed E-state index contributed by atoms with van der Waals surface area (Å²) in [5.74, 6) is -0.711. The SMILES string of the molecule is CC[C@H]1COC[C@H](N2c3ccc(C(F)(F)F)cc3Oc3cc(C(F)(F)F)ccc32)[C@H]1O. The third-order valence-electron chi connectivity index (χ3n) is 5.67. The normalized spacial score (nSPS) is 23.7. The van der Waals surface area contributed by atoms with Crippen LogP contribution in [0.5, 0.6) is 11.5 Å². The maximum absolute atomic E-state index is 13.2. The Morgan fingerprint density at radius 2 is 1.42 bits per heavy atom. The first-order valence-electron chi connectivity index (χ1n) is 9.66. The van der Waals surface area contributed by atoms with Crippen LogP contribution in [0.25, 0.3) is 0 Å². The minimum atomic E-state index is -4.65. The van der Waals surface area contributed by atoms with E-state index in [0.717, 1.165) is 24.3 Å². The van der Waals surface area contributed by atoms with Gasteiger partial charge in [-0.05, 0) is 42.8 Å². The van der Waals surface area contributed by atoms with Gasteiger partial charge in [0.05, 0.1) is 47.9 Å². The molecule has 0 spiro atoms. The molecule has 0 aliphatic carbocycles. The Labute approximate surface area is 174 Å². The number of aliphatic hydroxyl groups is 1. The van der Waals surface area contributed by atoms with Crippen LogP contribution in [-0.4, -0.2) is 30.5 Å². The highest BCUT2D eigenvalue weighted by Gasteiger charge is 2.42. The fraction of sp³-hybridized carbons (Fsp3) is 0.429. The summed E-state index contributed by atoms with van der Waals surface area (Å²) < 4.78 is 90.3. The molecule has 0 saturated carbocycles. The molecular formula is C21H19F6NO3. The molecule has 168 valence electrons. The van der Waals surface area contributed by atoms with E-state index in [1.165, 1.54) is 17.0 Å². The smallest absolute Gasteiger partial charge is 0.416 e. The minimum Gasteiger partial charge on any atom is -0.453 e. The standard InChI is InChI=1S/C21H19F6NO3/c1-2-11-9-30-10-16(19(11)29)28-14-5-3-12(20(22,23)24)7-17(14)31-18-8-13(21(25,26)27)4-6-15(18)28/h3-8,11,16,19,29H,2,9-10H2,1H3/t11-,16-,19-/m0/s1. The number of aliphatic hydroxyl groups excluding tert-OH is 1. The van der Waals surface area contributed by atoms with Crippen LogP contribution in [0.3, 0.4) is 0 Å². The van der Waals surface area contributed by atoms with Crippen molar-refractivity contribution in [2.24, 2.45) is 5.92 Å². The lowest BCUT2D eigenvalue weighted by molar-refractivity contribution is -0.138. The molecule has 0 bridgehead atoms. The average Bonchev–Trinajstić information content (AvgIpc) is 2.70. The number of ether oxygens (including phenoxy) is 2. The number of nitrogens with zero attached hydrogens (tertiary/aromatic N) is 1. The fourth-order valence-electron chi connectivity index (χ4n) is 3.99. The maximum Gasteiger partial charge on any atom is 0.416 e. The van der Waals surface area contributed by atoms with Crippen LogP contribution >= 0.6 is 0 Å². The highest BCUT2D eigenvalue weighted by Crippen LogP contribution is 2.51. The van der Waals surface area contributed by atoms with E-state index in [1.807, 2.05) is 6.92 Å². The maximum atomic E-state index is 13.2. The van der Waals surface area contributed by atoms with Gasteiger partial charge in [-0.1, -0.05) is 6.92 Å². The molecule has 1 fully saturated rings. The Morgan fingerprint density at radius 1 is 0.903 bits per heavy atom. The monoisotopic (exact) mass is 447 g/mol. The summed E-state index contributed by atoms with van der Waals surface area (Å²) in [6.07, 6.45) is -9.61. The summed E-state index contributed by atoms with van der Waals surface area (Å²) in [6.45, 7) is 2.24. The zero-order chi connectivity index (χ0) is 22.6. The first kappa shape index (κ1) is 21.8. The van der Waals surface area contributed by atoms with E-state index < -0.39 is 35.6 Å². The van der Waals surface area contributed by atoms with E-state index in [9.17, 15) is 31.4 Å². The second-order valence-electron chi connectivity index (χ2n) is 7.60. The van der Waals surface area contributed by atoms with Gasteiger partial charge in [-0.15, -0.1) is 0 Å². The molecule has 10 heteroatoms. The Morgan fingerprint density at radius 3 is 1.87 bits per heavy atom. The van der Waals surface area contributed by atoms with Crippen LogP contribution in [0, 0.1) is 5.92 Å². The van der Waals surface area contributed by atoms with Gasteiger partial charge in [-0.2, -0.15) is 26.3 Å². The Kier molecular flexibility index (Phi) is 5.33. The molecular weight excluding hydrogens is 428 g/mol. The third-order valence-corrected chi connectivity index (χ3v) is 5.67.